The predicted molar refractivity (Wildman–Crippen MR) is 84.1 cm³/mol. The molecule has 6 nitrogen and oxygen atoms in total. The van der Waals surface area contributed by atoms with Gasteiger partial charge in [0.15, 0.2) is 5.11 Å². The van der Waals surface area contributed by atoms with E-state index < -0.39 is 0 Å². The van der Waals surface area contributed by atoms with Crippen molar-refractivity contribution in [2.75, 3.05) is 10.6 Å². The number of thiocarbonyl (C=S) groups is 1. The van der Waals surface area contributed by atoms with Crippen molar-refractivity contribution >= 4 is 45.4 Å². The fraction of sp³-hybridized carbons (Fsp3) is 0.167. The monoisotopic (exact) mass is 307 g/mol. The maximum Gasteiger partial charge on any atom is 0.259 e. The topological polar surface area (TPSA) is 92.9 Å². The summed E-state index contributed by atoms with van der Waals surface area (Å²) in [4.78, 5) is 12.2. The van der Waals surface area contributed by atoms with E-state index in [1.165, 1.54) is 11.3 Å². The lowest BCUT2D eigenvalue weighted by Crippen LogP contribution is -2.22. The third kappa shape index (κ3) is 3.49. The first-order valence-electron chi connectivity index (χ1n) is 5.89. The first-order chi connectivity index (χ1) is 9.60. The summed E-state index contributed by atoms with van der Waals surface area (Å²) in [5.74, 6) is -0.289. The van der Waals surface area contributed by atoms with Gasteiger partial charge in [-0.3, -0.25) is 10.1 Å². The standard InChI is InChI=1S/C12H13N5OS2/c1-2-9-16-17-12(20-9)15-10(18)7-5-3-4-6-8(7)14-11(13)19/h3-6H,2H2,1H3,(H3,13,14,19)(H,15,17,18). The maximum atomic E-state index is 12.2. The second-order valence-electron chi connectivity index (χ2n) is 3.84. The average molecular weight is 307 g/mol. The molecule has 1 aromatic heterocycles. The molecule has 0 aliphatic heterocycles. The molecule has 0 aliphatic rings. The van der Waals surface area contributed by atoms with Crippen LogP contribution in [0.15, 0.2) is 24.3 Å². The summed E-state index contributed by atoms with van der Waals surface area (Å²) in [6, 6.07) is 6.96. The van der Waals surface area contributed by atoms with Crippen LogP contribution >= 0.6 is 23.6 Å². The molecule has 1 heterocycles. The van der Waals surface area contributed by atoms with E-state index in [4.69, 9.17) is 18.0 Å². The summed E-state index contributed by atoms with van der Waals surface area (Å²) in [5.41, 5.74) is 6.43. The molecule has 20 heavy (non-hydrogen) atoms. The predicted octanol–water partition coefficient (Wildman–Crippen LogP) is 2.01. The molecule has 0 radical (unpaired) electrons. The number of aromatic nitrogens is 2. The summed E-state index contributed by atoms with van der Waals surface area (Å²) in [6.07, 6.45) is 0.785. The Balaban J connectivity index is 2.18. The third-order valence-corrected chi connectivity index (χ3v) is 3.50. The van der Waals surface area contributed by atoms with Crippen LogP contribution in [-0.2, 0) is 6.42 Å². The molecule has 0 unspecified atom stereocenters. The Morgan fingerprint density at radius 2 is 2.10 bits per heavy atom. The minimum absolute atomic E-state index is 0.106. The normalized spacial score (nSPS) is 10.1. The van der Waals surface area contributed by atoms with Crippen LogP contribution in [0.4, 0.5) is 10.8 Å². The molecule has 8 heteroatoms. The zero-order valence-electron chi connectivity index (χ0n) is 10.7. The molecule has 4 N–H and O–H groups in total. The van der Waals surface area contributed by atoms with Crippen molar-refractivity contribution in [3.63, 3.8) is 0 Å². The Bertz CT molecular complexity index is 640. The van der Waals surface area contributed by atoms with Gasteiger partial charge in [0.1, 0.15) is 5.01 Å². The molecule has 1 amide bonds. The summed E-state index contributed by atoms with van der Waals surface area (Å²) in [7, 11) is 0. The van der Waals surface area contributed by atoms with Gasteiger partial charge in [0, 0.05) is 0 Å². The summed E-state index contributed by atoms with van der Waals surface area (Å²) >= 11 is 6.14. The number of nitrogens with one attached hydrogen (secondary N) is 2. The molecule has 1 aromatic carbocycles. The number of amides is 1. The van der Waals surface area contributed by atoms with Gasteiger partial charge in [-0.05, 0) is 30.8 Å². The zero-order chi connectivity index (χ0) is 14.5. The van der Waals surface area contributed by atoms with E-state index in [-0.39, 0.29) is 11.0 Å². The van der Waals surface area contributed by atoms with E-state index in [1.54, 1.807) is 24.3 Å². The number of anilines is 2. The van der Waals surface area contributed by atoms with Gasteiger partial charge in [-0.1, -0.05) is 30.4 Å². The first kappa shape index (κ1) is 14.4. The van der Waals surface area contributed by atoms with Crippen molar-refractivity contribution in [2.24, 2.45) is 5.73 Å². The van der Waals surface area contributed by atoms with Gasteiger partial charge in [-0.15, -0.1) is 10.2 Å². The number of hydrogen-bond acceptors (Lipinski definition) is 5. The van der Waals surface area contributed by atoms with Gasteiger partial charge in [0.25, 0.3) is 5.91 Å². The van der Waals surface area contributed by atoms with E-state index >= 15 is 0 Å². The lowest BCUT2D eigenvalue weighted by Gasteiger charge is -2.09. The van der Waals surface area contributed by atoms with Gasteiger partial charge in [0.05, 0.1) is 11.3 Å². The van der Waals surface area contributed by atoms with Crippen LogP contribution in [0.2, 0.25) is 0 Å². The second kappa shape index (κ2) is 6.40. The fourth-order valence-electron chi connectivity index (χ4n) is 1.53. The Kier molecular flexibility index (Phi) is 4.59. The first-order valence-corrected chi connectivity index (χ1v) is 7.12. The van der Waals surface area contributed by atoms with Crippen molar-refractivity contribution in [2.45, 2.75) is 13.3 Å². The van der Waals surface area contributed by atoms with Crippen molar-refractivity contribution in [3.8, 4) is 0 Å². The van der Waals surface area contributed by atoms with Gasteiger partial charge in [0.2, 0.25) is 5.13 Å². The molecule has 2 aromatic rings. The largest absolute Gasteiger partial charge is 0.376 e. The molecular formula is C12H13N5OS2. The Hall–Kier alpha value is -2.06. The van der Waals surface area contributed by atoms with Gasteiger partial charge in [-0.25, -0.2) is 0 Å². The highest BCUT2D eigenvalue weighted by atomic mass is 32.1. The minimum atomic E-state index is -0.289. The number of carbonyl (C=O) groups excluding carboxylic acids is 1. The van der Waals surface area contributed by atoms with Crippen LogP contribution < -0.4 is 16.4 Å². The molecular weight excluding hydrogens is 294 g/mol. The highest BCUT2D eigenvalue weighted by Crippen LogP contribution is 2.19. The number of nitrogens with two attached hydrogens (primary N) is 1. The van der Waals surface area contributed by atoms with Crippen molar-refractivity contribution in [1.29, 1.82) is 0 Å². The number of hydrogen-bond donors (Lipinski definition) is 3. The summed E-state index contributed by atoms with van der Waals surface area (Å²) in [6.45, 7) is 1.98. The van der Waals surface area contributed by atoms with E-state index in [1.807, 2.05) is 6.92 Å². The van der Waals surface area contributed by atoms with Gasteiger partial charge >= 0.3 is 0 Å². The quantitative estimate of drug-likeness (QED) is 0.748. The lowest BCUT2D eigenvalue weighted by molar-refractivity contribution is 0.102. The summed E-state index contributed by atoms with van der Waals surface area (Å²) < 4.78 is 0. The molecule has 0 saturated heterocycles. The number of para-hydroxylation sites is 1. The average Bonchev–Trinajstić information content (AvgIpc) is 2.86. The number of aryl methyl sites for hydroxylation is 1. The fourth-order valence-corrected chi connectivity index (χ4v) is 2.32. The van der Waals surface area contributed by atoms with E-state index in [9.17, 15) is 4.79 Å². The van der Waals surface area contributed by atoms with Crippen LogP contribution in [0.5, 0.6) is 0 Å². The second-order valence-corrected chi connectivity index (χ2v) is 5.35. The van der Waals surface area contributed by atoms with E-state index in [0.29, 0.717) is 16.4 Å². The molecule has 0 spiro atoms. The Labute approximate surface area is 125 Å². The number of nitrogens with zero attached hydrogens (tertiary/aromatic N) is 2. The van der Waals surface area contributed by atoms with Crippen molar-refractivity contribution < 1.29 is 4.79 Å². The lowest BCUT2D eigenvalue weighted by atomic mass is 10.1. The Morgan fingerprint density at radius 1 is 1.35 bits per heavy atom. The van der Waals surface area contributed by atoms with Crippen LogP contribution in [0.1, 0.15) is 22.3 Å². The molecule has 0 aliphatic carbocycles. The number of benzene rings is 1. The van der Waals surface area contributed by atoms with Crippen LogP contribution in [0, 0.1) is 0 Å². The smallest absolute Gasteiger partial charge is 0.259 e. The van der Waals surface area contributed by atoms with E-state index in [2.05, 4.69) is 20.8 Å². The van der Waals surface area contributed by atoms with Crippen molar-refractivity contribution in [1.82, 2.24) is 10.2 Å². The Morgan fingerprint density at radius 3 is 2.75 bits per heavy atom. The highest BCUT2D eigenvalue weighted by molar-refractivity contribution is 7.80. The summed E-state index contributed by atoms with van der Waals surface area (Å²) in [5, 5.41) is 14.8. The minimum Gasteiger partial charge on any atom is -0.376 e. The molecule has 0 atom stereocenters. The zero-order valence-corrected chi connectivity index (χ0v) is 12.3. The van der Waals surface area contributed by atoms with Crippen LogP contribution in [-0.4, -0.2) is 21.2 Å². The van der Waals surface area contributed by atoms with Gasteiger partial charge < -0.3 is 11.1 Å². The third-order valence-electron chi connectivity index (χ3n) is 2.42. The SMILES string of the molecule is CCc1nnc(NC(=O)c2ccccc2NC(N)=S)s1. The molecule has 104 valence electrons. The van der Waals surface area contributed by atoms with Gasteiger partial charge in [-0.2, -0.15) is 0 Å². The van der Waals surface area contributed by atoms with Crippen LogP contribution in [0.3, 0.4) is 0 Å². The molecule has 0 saturated carbocycles. The van der Waals surface area contributed by atoms with Crippen LogP contribution in [0.25, 0.3) is 0 Å². The molecule has 2 rings (SSSR count). The highest BCUT2D eigenvalue weighted by Gasteiger charge is 2.13. The van der Waals surface area contributed by atoms with E-state index in [0.717, 1.165) is 11.4 Å². The molecule has 0 bridgehead atoms. The molecule has 0 fully saturated rings. The van der Waals surface area contributed by atoms with Crippen molar-refractivity contribution in [3.05, 3.63) is 34.8 Å². The number of carbonyl (C=O) groups is 1. The maximum absolute atomic E-state index is 12.2. The number of rotatable bonds is 4.